The van der Waals surface area contributed by atoms with Crippen molar-refractivity contribution in [1.29, 1.82) is 0 Å². The van der Waals surface area contributed by atoms with E-state index in [1.54, 1.807) is 19.1 Å². The van der Waals surface area contributed by atoms with Gasteiger partial charge in [0.05, 0.1) is 24.9 Å². The second kappa shape index (κ2) is 13.4. The average molecular weight is 636 g/mol. The van der Waals surface area contributed by atoms with Gasteiger partial charge in [0.25, 0.3) is 0 Å². The van der Waals surface area contributed by atoms with Crippen LogP contribution in [0.15, 0.2) is 35.7 Å². The molecule has 240 valence electrons. The Morgan fingerprint density at radius 1 is 1.22 bits per heavy atom. The van der Waals surface area contributed by atoms with Crippen LogP contribution in [0.3, 0.4) is 0 Å². The normalized spacial score (nSPS) is 23.1. The molecule has 3 amide bonds. The zero-order chi connectivity index (χ0) is 32.3. The van der Waals surface area contributed by atoms with Crippen LogP contribution in [0.2, 0.25) is 0 Å². The van der Waals surface area contributed by atoms with E-state index in [4.69, 9.17) is 19.4 Å². The summed E-state index contributed by atoms with van der Waals surface area (Å²) >= 11 is 1.51. The number of rotatable bonds is 8. The number of urea groups is 1. The maximum absolute atomic E-state index is 13.5. The van der Waals surface area contributed by atoms with Crippen LogP contribution in [0.4, 0.5) is 4.79 Å². The van der Waals surface area contributed by atoms with Gasteiger partial charge in [-0.1, -0.05) is 26.0 Å². The minimum absolute atomic E-state index is 0.0736. The first-order valence-corrected chi connectivity index (χ1v) is 16.2. The Morgan fingerprint density at radius 3 is 2.73 bits per heavy atom. The summed E-state index contributed by atoms with van der Waals surface area (Å²) in [5.74, 6) is -0.400. The Balaban J connectivity index is 1.42. The minimum atomic E-state index is -1.37. The smallest absolute Gasteiger partial charge is 0.330 e. The molecule has 2 aliphatic rings. The number of fused-ring (bicyclic) bond motifs is 2. The van der Waals surface area contributed by atoms with Gasteiger partial charge >= 0.3 is 12.0 Å². The van der Waals surface area contributed by atoms with Crippen LogP contribution in [-0.2, 0) is 9.59 Å². The molecule has 3 unspecified atom stereocenters. The number of benzene rings is 1. The van der Waals surface area contributed by atoms with Gasteiger partial charge in [-0.05, 0) is 50.7 Å². The lowest BCUT2D eigenvalue weighted by molar-refractivity contribution is -0.143. The van der Waals surface area contributed by atoms with Crippen molar-refractivity contribution >= 4 is 40.1 Å². The van der Waals surface area contributed by atoms with Crippen LogP contribution in [-0.4, -0.2) is 76.8 Å². The number of ether oxygens (including phenoxy) is 2. The van der Waals surface area contributed by atoms with E-state index in [0.717, 1.165) is 40.9 Å². The Hall–Kier alpha value is -4.19. The number of methoxy groups -OCH3 is 1. The third-order valence-electron chi connectivity index (χ3n) is 8.55. The first-order valence-electron chi connectivity index (χ1n) is 15.3. The Bertz CT molecular complexity index is 1620. The largest absolute Gasteiger partial charge is 0.496 e. The van der Waals surface area contributed by atoms with Crippen LogP contribution in [0.5, 0.6) is 11.5 Å². The molecule has 1 saturated carbocycles. The van der Waals surface area contributed by atoms with Crippen LogP contribution in [0.25, 0.3) is 21.6 Å². The first kappa shape index (κ1) is 32.2. The summed E-state index contributed by atoms with van der Waals surface area (Å²) in [5.41, 5.74) is 1.84. The molecule has 1 aliphatic heterocycles. The molecule has 0 spiro atoms. The van der Waals surface area contributed by atoms with E-state index in [2.05, 4.69) is 24.5 Å². The zero-order valence-corrected chi connectivity index (χ0v) is 27.2. The Kier molecular flexibility index (Phi) is 9.62. The molecule has 45 heavy (non-hydrogen) atoms. The summed E-state index contributed by atoms with van der Waals surface area (Å²) in [6.07, 6.45) is 6.74. The summed E-state index contributed by atoms with van der Waals surface area (Å²) in [6.45, 7) is 6.73. The van der Waals surface area contributed by atoms with E-state index < -0.39 is 29.5 Å². The van der Waals surface area contributed by atoms with E-state index >= 15 is 0 Å². The van der Waals surface area contributed by atoms with Crippen molar-refractivity contribution in [1.82, 2.24) is 25.5 Å². The molecule has 2 aromatic heterocycles. The fourth-order valence-corrected chi connectivity index (χ4v) is 6.50. The lowest BCUT2D eigenvalue weighted by Crippen LogP contribution is -2.55. The lowest BCUT2D eigenvalue weighted by Gasteiger charge is -2.25. The lowest BCUT2D eigenvalue weighted by atomic mass is 10.1. The number of carboxylic acid groups (broad SMARTS) is 1. The molecule has 0 bridgehead atoms. The molecule has 0 radical (unpaired) electrons. The summed E-state index contributed by atoms with van der Waals surface area (Å²) in [7, 11) is 3.30. The molecule has 11 nitrogen and oxygen atoms in total. The first-order chi connectivity index (χ1) is 21.5. The number of carbonyl (C=O) groups excluding carboxylic acids is 2. The number of amides is 3. The van der Waals surface area contributed by atoms with Gasteiger partial charge in [0, 0.05) is 48.3 Å². The van der Waals surface area contributed by atoms with Crippen LogP contribution < -0.4 is 20.1 Å². The monoisotopic (exact) mass is 635 g/mol. The van der Waals surface area contributed by atoms with Gasteiger partial charge < -0.3 is 30.1 Å². The van der Waals surface area contributed by atoms with Gasteiger partial charge in [-0.25, -0.2) is 19.6 Å². The highest BCUT2D eigenvalue weighted by Gasteiger charge is 2.60. The predicted octanol–water partition coefficient (Wildman–Crippen LogP) is 5.28. The van der Waals surface area contributed by atoms with Gasteiger partial charge in [0.15, 0.2) is 0 Å². The number of allylic oxidation sites excluding steroid dienone is 1. The minimum Gasteiger partial charge on any atom is -0.496 e. The Labute approximate surface area is 267 Å². The van der Waals surface area contributed by atoms with E-state index in [9.17, 15) is 19.5 Å². The second-order valence-electron chi connectivity index (χ2n) is 12.1. The fraction of sp³-hybridized carbons (Fsp3) is 0.485. The SMILES string of the molecule is COc1ccc2c(OCCC3NC(=O)N(C)CCCC/C=C\C4CC4(C(=O)O)NC3=O)cc(-c3nc(C(C)C)cs3)nc2c1C. The maximum atomic E-state index is 13.5. The topological polar surface area (TPSA) is 143 Å². The van der Waals surface area contributed by atoms with Crippen molar-refractivity contribution < 1.29 is 29.0 Å². The van der Waals surface area contributed by atoms with Crippen LogP contribution in [0.1, 0.15) is 63.1 Å². The molecule has 12 heteroatoms. The molecular formula is C33H41N5O6S. The van der Waals surface area contributed by atoms with Gasteiger partial charge in [-0.2, -0.15) is 0 Å². The second-order valence-corrected chi connectivity index (χ2v) is 12.9. The molecule has 3 atom stereocenters. The number of pyridine rings is 1. The van der Waals surface area contributed by atoms with Crippen molar-refractivity contribution in [3.05, 3.63) is 47.0 Å². The van der Waals surface area contributed by atoms with Crippen molar-refractivity contribution in [2.24, 2.45) is 5.92 Å². The third kappa shape index (κ3) is 6.90. The highest BCUT2D eigenvalue weighted by atomic mass is 32.1. The van der Waals surface area contributed by atoms with Crippen molar-refractivity contribution in [3.63, 3.8) is 0 Å². The zero-order valence-electron chi connectivity index (χ0n) is 26.4. The summed E-state index contributed by atoms with van der Waals surface area (Å²) in [6, 6.07) is 4.18. The highest BCUT2D eigenvalue weighted by Crippen LogP contribution is 2.45. The van der Waals surface area contributed by atoms with Gasteiger partial charge in [0.2, 0.25) is 5.91 Å². The predicted molar refractivity (Wildman–Crippen MR) is 173 cm³/mol. The van der Waals surface area contributed by atoms with Crippen molar-refractivity contribution in [2.45, 2.75) is 70.4 Å². The number of aryl methyl sites for hydroxylation is 1. The fourth-order valence-electron chi connectivity index (χ4n) is 5.56. The van der Waals surface area contributed by atoms with Crippen molar-refractivity contribution in [2.75, 3.05) is 27.3 Å². The number of nitrogens with zero attached hydrogens (tertiary/aromatic N) is 3. The van der Waals surface area contributed by atoms with E-state index in [-0.39, 0.29) is 24.9 Å². The van der Waals surface area contributed by atoms with Crippen LogP contribution in [0, 0.1) is 12.8 Å². The van der Waals surface area contributed by atoms with E-state index in [0.29, 0.717) is 35.7 Å². The number of thiazole rings is 1. The molecule has 1 fully saturated rings. The summed E-state index contributed by atoms with van der Waals surface area (Å²) in [5, 5.41) is 19.1. The third-order valence-corrected chi connectivity index (χ3v) is 9.43. The van der Waals surface area contributed by atoms with E-state index in [1.165, 1.54) is 11.3 Å². The highest BCUT2D eigenvalue weighted by molar-refractivity contribution is 7.13. The summed E-state index contributed by atoms with van der Waals surface area (Å²) in [4.78, 5) is 50.0. The average Bonchev–Trinajstić information content (AvgIpc) is 3.47. The number of carbonyl (C=O) groups is 3. The van der Waals surface area contributed by atoms with Crippen molar-refractivity contribution in [3.8, 4) is 22.2 Å². The number of hydrogen-bond donors (Lipinski definition) is 3. The summed E-state index contributed by atoms with van der Waals surface area (Å²) < 4.78 is 11.9. The molecule has 3 N–H and O–H groups in total. The number of aromatic nitrogens is 2. The molecule has 3 aromatic rings. The molecule has 1 aromatic carbocycles. The molecule has 1 aliphatic carbocycles. The molecule has 0 saturated heterocycles. The molecular weight excluding hydrogens is 594 g/mol. The quantitative estimate of drug-likeness (QED) is 0.284. The number of carboxylic acids is 1. The number of aliphatic carboxylic acids is 1. The number of hydrogen-bond acceptors (Lipinski definition) is 8. The molecule has 5 rings (SSSR count). The van der Waals surface area contributed by atoms with Crippen LogP contribution >= 0.6 is 11.3 Å². The molecule has 3 heterocycles. The van der Waals surface area contributed by atoms with Gasteiger partial charge in [0.1, 0.15) is 33.8 Å². The van der Waals surface area contributed by atoms with Gasteiger partial charge in [-0.15, -0.1) is 11.3 Å². The Morgan fingerprint density at radius 2 is 2.02 bits per heavy atom. The van der Waals surface area contributed by atoms with Gasteiger partial charge in [-0.3, -0.25) is 4.79 Å². The number of nitrogens with one attached hydrogen (secondary N) is 2. The maximum Gasteiger partial charge on any atom is 0.330 e. The standard InChI is InChI=1S/C33H41N5O6S/c1-19(2)25-18-45-30(35-25)24-16-27(22-11-12-26(43-5)20(3)28(22)34-24)44-15-13-23-29(39)37-33(31(40)41)17-21(33)10-8-6-7-9-14-38(4)32(42)36-23/h8,10-12,16,18-19,21,23H,6-7,9,13-15,17H2,1-5H3,(H,36,42)(H,37,39)(H,40,41)/b10-8-. The van der Waals surface area contributed by atoms with E-state index in [1.807, 2.05) is 42.7 Å².